The van der Waals surface area contributed by atoms with Crippen molar-refractivity contribution in [2.45, 2.75) is 31.9 Å². The van der Waals surface area contributed by atoms with E-state index in [9.17, 15) is 8.42 Å². The third-order valence-corrected chi connectivity index (χ3v) is 6.89. The predicted octanol–water partition coefficient (Wildman–Crippen LogP) is 2.06. The number of aliphatic imine (C=N–C) groups is 1. The second-order valence-electron chi connectivity index (χ2n) is 6.19. The molecule has 0 saturated carbocycles. The van der Waals surface area contributed by atoms with E-state index in [1.807, 2.05) is 24.0 Å². The van der Waals surface area contributed by atoms with Crippen LogP contribution in [0, 0.1) is 0 Å². The Balaban J connectivity index is 2.04. The molecular formula is C15H24BrN3O3S. The lowest BCUT2D eigenvalue weighted by Crippen LogP contribution is -2.57. The third kappa shape index (κ3) is 4.50. The van der Waals surface area contributed by atoms with Crippen molar-refractivity contribution < 1.29 is 12.8 Å². The number of guanidine groups is 1. The predicted molar refractivity (Wildman–Crippen MR) is 95.5 cm³/mol. The van der Waals surface area contributed by atoms with E-state index in [-0.39, 0.29) is 5.75 Å². The first-order valence-electron chi connectivity index (χ1n) is 7.75. The normalized spacial score (nSPS) is 20.5. The van der Waals surface area contributed by atoms with Gasteiger partial charge in [0.25, 0.3) is 0 Å². The summed E-state index contributed by atoms with van der Waals surface area (Å²) in [4.78, 5) is 6.65. The zero-order valence-corrected chi connectivity index (χ0v) is 16.2. The average molecular weight is 406 g/mol. The van der Waals surface area contributed by atoms with Crippen molar-refractivity contribution in [1.29, 1.82) is 0 Å². The summed E-state index contributed by atoms with van der Waals surface area (Å²) in [5, 5.41) is 3.25. The van der Waals surface area contributed by atoms with Crippen LogP contribution in [-0.4, -0.2) is 56.0 Å². The fraction of sp³-hybridized carbons (Fsp3) is 0.667. The van der Waals surface area contributed by atoms with Crippen LogP contribution in [-0.2, 0) is 16.3 Å². The Hall–Kier alpha value is -1.02. The van der Waals surface area contributed by atoms with Crippen LogP contribution in [0.2, 0.25) is 0 Å². The van der Waals surface area contributed by atoms with Crippen molar-refractivity contribution in [3.05, 3.63) is 22.6 Å². The number of hydrogen-bond donors (Lipinski definition) is 1. The molecular weight excluding hydrogens is 382 g/mol. The molecule has 1 fully saturated rings. The second kappa shape index (κ2) is 7.25. The molecule has 2 rings (SSSR count). The Bertz CT molecular complexity index is 667. The van der Waals surface area contributed by atoms with E-state index in [2.05, 4.69) is 26.2 Å². The molecule has 1 aromatic heterocycles. The van der Waals surface area contributed by atoms with E-state index in [0.717, 1.165) is 18.3 Å². The number of nitrogens with one attached hydrogen (secondary N) is 1. The number of nitrogens with zero attached hydrogens (tertiary/aromatic N) is 2. The SMILES string of the molecule is CCNC(=NCCc1ccc(Br)o1)N1CCS(=O)(=O)C(C)(C)C1. The number of hydrogen-bond acceptors (Lipinski definition) is 4. The highest BCUT2D eigenvalue weighted by Gasteiger charge is 2.40. The molecule has 0 aromatic carbocycles. The van der Waals surface area contributed by atoms with Gasteiger partial charge in [-0.3, -0.25) is 4.99 Å². The van der Waals surface area contributed by atoms with Crippen LogP contribution in [0.25, 0.3) is 0 Å². The van der Waals surface area contributed by atoms with Crippen LogP contribution in [0.3, 0.4) is 0 Å². The summed E-state index contributed by atoms with van der Waals surface area (Å²) in [5.41, 5.74) is 0. The highest BCUT2D eigenvalue weighted by Crippen LogP contribution is 2.23. The fourth-order valence-corrected chi connectivity index (χ4v) is 4.21. The molecule has 0 amide bonds. The molecule has 0 unspecified atom stereocenters. The Morgan fingerprint density at radius 3 is 2.78 bits per heavy atom. The van der Waals surface area contributed by atoms with E-state index < -0.39 is 14.6 Å². The molecule has 2 heterocycles. The summed E-state index contributed by atoms with van der Waals surface area (Å²) in [6, 6.07) is 3.78. The van der Waals surface area contributed by atoms with E-state index in [1.165, 1.54) is 0 Å². The molecule has 0 spiro atoms. The second-order valence-corrected chi connectivity index (χ2v) is 9.72. The topological polar surface area (TPSA) is 74.9 Å². The molecule has 130 valence electrons. The fourth-order valence-electron chi connectivity index (χ4n) is 2.51. The van der Waals surface area contributed by atoms with Gasteiger partial charge in [-0.15, -0.1) is 0 Å². The molecule has 1 aliphatic heterocycles. The first-order chi connectivity index (χ1) is 10.7. The quantitative estimate of drug-likeness (QED) is 0.612. The monoisotopic (exact) mass is 405 g/mol. The number of halogens is 1. The summed E-state index contributed by atoms with van der Waals surface area (Å²) in [7, 11) is -3.05. The molecule has 1 aliphatic rings. The van der Waals surface area contributed by atoms with Crippen LogP contribution in [0.4, 0.5) is 0 Å². The van der Waals surface area contributed by atoms with Crippen LogP contribution in [0.1, 0.15) is 26.5 Å². The Kier molecular flexibility index (Phi) is 5.78. The summed E-state index contributed by atoms with van der Waals surface area (Å²) in [6.45, 7) is 7.82. The molecule has 6 nitrogen and oxygen atoms in total. The summed E-state index contributed by atoms with van der Waals surface area (Å²) >= 11 is 3.28. The maximum absolute atomic E-state index is 12.1. The van der Waals surface area contributed by atoms with Crippen molar-refractivity contribution in [3.8, 4) is 0 Å². The van der Waals surface area contributed by atoms with E-state index >= 15 is 0 Å². The van der Waals surface area contributed by atoms with Crippen molar-refractivity contribution in [3.63, 3.8) is 0 Å². The molecule has 0 bridgehead atoms. The summed E-state index contributed by atoms with van der Waals surface area (Å²) in [5.74, 6) is 1.80. The zero-order valence-electron chi connectivity index (χ0n) is 13.8. The number of sulfone groups is 1. The smallest absolute Gasteiger partial charge is 0.194 e. The Morgan fingerprint density at radius 2 is 2.22 bits per heavy atom. The lowest BCUT2D eigenvalue weighted by atomic mass is 10.2. The van der Waals surface area contributed by atoms with Gasteiger partial charge in [-0.1, -0.05) is 0 Å². The molecule has 0 atom stereocenters. The summed E-state index contributed by atoms with van der Waals surface area (Å²) < 4.78 is 29.7. The van der Waals surface area contributed by atoms with Crippen LogP contribution >= 0.6 is 15.9 Å². The Morgan fingerprint density at radius 1 is 1.48 bits per heavy atom. The lowest BCUT2D eigenvalue weighted by Gasteiger charge is -2.39. The van der Waals surface area contributed by atoms with E-state index in [4.69, 9.17) is 4.42 Å². The van der Waals surface area contributed by atoms with Gasteiger partial charge in [-0.25, -0.2) is 8.42 Å². The van der Waals surface area contributed by atoms with Gasteiger partial charge in [-0.2, -0.15) is 0 Å². The first kappa shape index (κ1) is 18.3. The molecule has 1 aromatic rings. The largest absolute Gasteiger partial charge is 0.454 e. The van der Waals surface area contributed by atoms with Gasteiger partial charge < -0.3 is 14.6 Å². The van der Waals surface area contributed by atoms with Crippen molar-refractivity contribution >= 4 is 31.7 Å². The zero-order chi connectivity index (χ0) is 17.1. The van der Waals surface area contributed by atoms with Crippen LogP contribution in [0.15, 0.2) is 26.2 Å². The highest BCUT2D eigenvalue weighted by molar-refractivity contribution is 9.10. The molecule has 0 aliphatic carbocycles. The number of rotatable bonds is 4. The highest BCUT2D eigenvalue weighted by atomic mass is 79.9. The maximum atomic E-state index is 12.1. The standard InChI is InChI=1S/C15H24BrN3O3S/c1-4-17-14(18-8-7-12-5-6-13(16)22-12)19-9-10-23(20,21)15(2,3)11-19/h5-6H,4,7-11H2,1-3H3,(H,17,18). The lowest BCUT2D eigenvalue weighted by molar-refractivity contribution is 0.353. The minimum atomic E-state index is -3.05. The van der Waals surface area contributed by atoms with Crippen molar-refractivity contribution in [2.75, 3.05) is 31.9 Å². The molecule has 0 radical (unpaired) electrons. The average Bonchev–Trinajstić information content (AvgIpc) is 2.87. The first-order valence-corrected chi connectivity index (χ1v) is 10.2. The molecule has 8 heteroatoms. The summed E-state index contributed by atoms with van der Waals surface area (Å²) in [6.07, 6.45) is 0.704. The maximum Gasteiger partial charge on any atom is 0.194 e. The van der Waals surface area contributed by atoms with E-state index in [0.29, 0.717) is 30.7 Å². The third-order valence-electron chi connectivity index (χ3n) is 3.93. The molecule has 1 saturated heterocycles. The van der Waals surface area contributed by atoms with Gasteiger partial charge in [0.1, 0.15) is 5.76 Å². The molecule has 1 N–H and O–H groups in total. The van der Waals surface area contributed by atoms with Gasteiger partial charge in [-0.05, 0) is 48.8 Å². The van der Waals surface area contributed by atoms with Gasteiger partial charge in [0, 0.05) is 32.6 Å². The van der Waals surface area contributed by atoms with Gasteiger partial charge in [0.05, 0.1) is 10.5 Å². The van der Waals surface area contributed by atoms with Gasteiger partial charge in [0.15, 0.2) is 20.5 Å². The number of furan rings is 1. The van der Waals surface area contributed by atoms with E-state index in [1.54, 1.807) is 13.8 Å². The van der Waals surface area contributed by atoms with Crippen molar-refractivity contribution in [1.82, 2.24) is 10.2 Å². The van der Waals surface area contributed by atoms with Gasteiger partial charge >= 0.3 is 0 Å². The van der Waals surface area contributed by atoms with Crippen molar-refractivity contribution in [2.24, 2.45) is 4.99 Å². The molecule has 23 heavy (non-hydrogen) atoms. The minimum absolute atomic E-state index is 0.162. The Labute approximate surface area is 146 Å². The minimum Gasteiger partial charge on any atom is -0.454 e. The van der Waals surface area contributed by atoms with Crippen LogP contribution in [0.5, 0.6) is 0 Å². The van der Waals surface area contributed by atoms with Crippen LogP contribution < -0.4 is 5.32 Å². The van der Waals surface area contributed by atoms with Gasteiger partial charge in [0.2, 0.25) is 0 Å².